The molecule has 1 aromatic carbocycles. The number of rotatable bonds is 4. The molecule has 0 atom stereocenters. The monoisotopic (exact) mass is 203 g/mol. The maximum atomic E-state index is 11.0. The van der Waals surface area contributed by atoms with E-state index >= 15 is 0 Å². The highest BCUT2D eigenvalue weighted by Gasteiger charge is 2.44. The van der Waals surface area contributed by atoms with Gasteiger partial charge >= 0.3 is 0 Å². The average Bonchev–Trinajstić information content (AvgIpc) is 2.97. The Balaban J connectivity index is 2.23. The van der Waals surface area contributed by atoms with Crippen LogP contribution in [-0.4, -0.2) is 25.3 Å². The smallest absolute Gasteiger partial charge is 0.130 e. The number of benzene rings is 1. The highest BCUT2D eigenvalue weighted by molar-refractivity contribution is 5.73. The summed E-state index contributed by atoms with van der Waals surface area (Å²) in [6.45, 7) is 0.933. The molecule has 1 aliphatic rings. The first-order chi connectivity index (χ1) is 7.16. The summed E-state index contributed by atoms with van der Waals surface area (Å²) in [6, 6.07) is 8.41. The van der Waals surface area contributed by atoms with Gasteiger partial charge in [-0.15, -0.1) is 0 Å². The van der Waals surface area contributed by atoms with E-state index < -0.39 is 0 Å². The minimum atomic E-state index is -0.137. The van der Waals surface area contributed by atoms with Gasteiger partial charge in [-0.05, 0) is 38.1 Å². The van der Waals surface area contributed by atoms with Gasteiger partial charge in [0.1, 0.15) is 6.29 Å². The summed E-state index contributed by atoms with van der Waals surface area (Å²) in [4.78, 5) is 13.2. The fraction of sp³-hybridized carbons (Fsp3) is 0.462. The Labute approximate surface area is 90.9 Å². The minimum Gasteiger partial charge on any atom is -0.305 e. The molecule has 0 N–H and O–H groups in total. The molecule has 0 amide bonds. The van der Waals surface area contributed by atoms with Crippen molar-refractivity contribution in [3.05, 3.63) is 35.4 Å². The van der Waals surface area contributed by atoms with Crippen molar-refractivity contribution in [3.8, 4) is 0 Å². The van der Waals surface area contributed by atoms with E-state index in [1.807, 2.05) is 0 Å². The quantitative estimate of drug-likeness (QED) is 0.697. The third-order valence-electron chi connectivity index (χ3n) is 3.01. The highest BCUT2D eigenvalue weighted by Crippen LogP contribution is 2.46. The minimum absolute atomic E-state index is 0.137. The van der Waals surface area contributed by atoms with E-state index in [2.05, 4.69) is 43.3 Å². The van der Waals surface area contributed by atoms with Gasteiger partial charge in [0.25, 0.3) is 0 Å². The van der Waals surface area contributed by atoms with Gasteiger partial charge in [-0.3, -0.25) is 0 Å². The molecule has 1 fully saturated rings. The normalized spacial score (nSPS) is 17.8. The molecule has 80 valence electrons. The van der Waals surface area contributed by atoms with Crippen molar-refractivity contribution in [2.24, 2.45) is 0 Å². The second-order valence-electron chi connectivity index (χ2n) is 4.71. The van der Waals surface area contributed by atoms with E-state index in [0.717, 1.165) is 25.7 Å². The molecule has 1 aromatic rings. The van der Waals surface area contributed by atoms with Crippen molar-refractivity contribution in [3.63, 3.8) is 0 Å². The Morgan fingerprint density at radius 3 is 2.67 bits per heavy atom. The summed E-state index contributed by atoms with van der Waals surface area (Å²) in [7, 11) is 4.11. The molecule has 0 radical (unpaired) electrons. The highest BCUT2D eigenvalue weighted by atomic mass is 16.1. The maximum absolute atomic E-state index is 11.0. The molecule has 1 aliphatic carbocycles. The van der Waals surface area contributed by atoms with E-state index in [-0.39, 0.29) is 5.41 Å². The van der Waals surface area contributed by atoms with Crippen molar-refractivity contribution in [2.75, 3.05) is 14.1 Å². The molecular weight excluding hydrogens is 186 g/mol. The van der Waals surface area contributed by atoms with E-state index in [9.17, 15) is 4.79 Å². The van der Waals surface area contributed by atoms with Crippen LogP contribution in [0.25, 0.3) is 0 Å². The standard InChI is InChI=1S/C13H17NO/c1-14(2)9-11-4-3-5-12(8-11)13(10-15)6-7-13/h3-5,8,10H,6-7,9H2,1-2H3. The molecule has 0 aromatic heterocycles. The van der Waals surface area contributed by atoms with E-state index in [1.165, 1.54) is 11.1 Å². The summed E-state index contributed by atoms with van der Waals surface area (Å²) in [5.41, 5.74) is 2.34. The van der Waals surface area contributed by atoms with Gasteiger partial charge < -0.3 is 9.69 Å². The maximum Gasteiger partial charge on any atom is 0.130 e. The fourth-order valence-corrected chi connectivity index (χ4v) is 1.95. The second kappa shape index (κ2) is 3.78. The van der Waals surface area contributed by atoms with Gasteiger partial charge in [0.05, 0.1) is 5.41 Å². The molecule has 2 rings (SSSR count). The molecule has 0 unspecified atom stereocenters. The zero-order valence-electron chi connectivity index (χ0n) is 9.36. The molecule has 0 saturated heterocycles. The van der Waals surface area contributed by atoms with Gasteiger partial charge in [0, 0.05) is 6.54 Å². The summed E-state index contributed by atoms with van der Waals surface area (Å²) in [5, 5.41) is 0. The third-order valence-corrected chi connectivity index (χ3v) is 3.01. The van der Waals surface area contributed by atoms with Crippen LogP contribution in [0.1, 0.15) is 24.0 Å². The summed E-state index contributed by atoms with van der Waals surface area (Å²) in [5.74, 6) is 0. The first-order valence-electron chi connectivity index (χ1n) is 5.37. The topological polar surface area (TPSA) is 20.3 Å². The van der Waals surface area contributed by atoms with Crippen LogP contribution in [-0.2, 0) is 16.8 Å². The van der Waals surface area contributed by atoms with E-state index in [4.69, 9.17) is 0 Å². The SMILES string of the molecule is CN(C)Cc1cccc(C2(C=O)CC2)c1. The lowest BCUT2D eigenvalue weighted by molar-refractivity contribution is -0.109. The van der Waals surface area contributed by atoms with Crippen LogP contribution in [0.15, 0.2) is 24.3 Å². The number of aldehydes is 1. The Kier molecular flexibility index (Phi) is 2.61. The molecule has 2 heteroatoms. The van der Waals surface area contributed by atoms with Crippen molar-refractivity contribution < 1.29 is 4.79 Å². The molecule has 0 spiro atoms. The second-order valence-corrected chi connectivity index (χ2v) is 4.71. The van der Waals surface area contributed by atoms with Gasteiger partial charge in [-0.1, -0.05) is 24.3 Å². The van der Waals surface area contributed by atoms with Gasteiger partial charge in [0.15, 0.2) is 0 Å². The van der Waals surface area contributed by atoms with Crippen molar-refractivity contribution in [1.82, 2.24) is 4.90 Å². The predicted molar refractivity (Wildman–Crippen MR) is 60.8 cm³/mol. The molecule has 0 aliphatic heterocycles. The lowest BCUT2D eigenvalue weighted by Crippen LogP contribution is -2.12. The van der Waals surface area contributed by atoms with E-state index in [1.54, 1.807) is 0 Å². The van der Waals surface area contributed by atoms with E-state index in [0.29, 0.717) is 0 Å². The fourth-order valence-electron chi connectivity index (χ4n) is 1.95. The number of carbonyl (C=O) groups is 1. The van der Waals surface area contributed by atoms with Crippen LogP contribution >= 0.6 is 0 Å². The largest absolute Gasteiger partial charge is 0.305 e. The molecule has 15 heavy (non-hydrogen) atoms. The summed E-state index contributed by atoms with van der Waals surface area (Å²) in [6.07, 6.45) is 3.14. The van der Waals surface area contributed by atoms with Crippen LogP contribution in [0, 0.1) is 0 Å². The molecule has 0 bridgehead atoms. The first kappa shape index (κ1) is 10.4. The first-order valence-corrected chi connectivity index (χ1v) is 5.37. The summed E-state index contributed by atoms with van der Waals surface area (Å²) >= 11 is 0. The van der Waals surface area contributed by atoms with Gasteiger partial charge in [-0.2, -0.15) is 0 Å². The van der Waals surface area contributed by atoms with Crippen molar-refractivity contribution in [1.29, 1.82) is 0 Å². The molecule has 1 saturated carbocycles. The molecule has 0 heterocycles. The average molecular weight is 203 g/mol. The number of hydrogen-bond acceptors (Lipinski definition) is 2. The Bertz CT molecular complexity index is 367. The zero-order valence-corrected chi connectivity index (χ0v) is 9.36. The Morgan fingerprint density at radius 1 is 1.40 bits per heavy atom. The Hall–Kier alpha value is -1.15. The lowest BCUT2D eigenvalue weighted by Gasteiger charge is -2.13. The number of carbonyl (C=O) groups excluding carboxylic acids is 1. The third kappa shape index (κ3) is 2.10. The zero-order chi connectivity index (χ0) is 10.9. The van der Waals surface area contributed by atoms with Crippen LogP contribution in [0.4, 0.5) is 0 Å². The van der Waals surface area contributed by atoms with Gasteiger partial charge in [0.2, 0.25) is 0 Å². The van der Waals surface area contributed by atoms with Crippen LogP contribution < -0.4 is 0 Å². The van der Waals surface area contributed by atoms with Crippen LogP contribution in [0.3, 0.4) is 0 Å². The van der Waals surface area contributed by atoms with Crippen molar-refractivity contribution in [2.45, 2.75) is 24.8 Å². The summed E-state index contributed by atoms with van der Waals surface area (Å²) < 4.78 is 0. The molecular formula is C13H17NO. The number of hydrogen-bond donors (Lipinski definition) is 0. The predicted octanol–water partition coefficient (Wildman–Crippen LogP) is 1.98. The number of nitrogens with zero attached hydrogens (tertiary/aromatic N) is 1. The van der Waals surface area contributed by atoms with Crippen LogP contribution in [0.5, 0.6) is 0 Å². The molecule has 2 nitrogen and oxygen atoms in total. The van der Waals surface area contributed by atoms with Crippen molar-refractivity contribution >= 4 is 6.29 Å². The lowest BCUT2D eigenvalue weighted by atomic mass is 9.96. The van der Waals surface area contributed by atoms with Crippen LogP contribution in [0.2, 0.25) is 0 Å². The van der Waals surface area contributed by atoms with Gasteiger partial charge in [-0.25, -0.2) is 0 Å². The Morgan fingerprint density at radius 2 is 2.13 bits per heavy atom.